The Labute approximate surface area is 249 Å². The van der Waals surface area contributed by atoms with Crippen molar-refractivity contribution in [3.8, 4) is 0 Å². The van der Waals surface area contributed by atoms with Crippen LogP contribution in [0.5, 0.6) is 0 Å². The van der Waals surface area contributed by atoms with E-state index in [2.05, 4.69) is 126 Å². The SMILES string of the molecule is CC1=CCCC(c2c3c(c(C4=CC=C(C5Nc6ccccc6N5C5C=CC=CC5)CC4)c4ccccc24)=CCCC=3)=C1. The van der Waals surface area contributed by atoms with E-state index in [1.165, 1.54) is 66.0 Å². The summed E-state index contributed by atoms with van der Waals surface area (Å²) in [5, 5.41) is 9.61. The van der Waals surface area contributed by atoms with Gasteiger partial charge in [-0.05, 0) is 113 Å². The Morgan fingerprint density at radius 3 is 2.21 bits per heavy atom. The quantitative estimate of drug-likeness (QED) is 0.353. The summed E-state index contributed by atoms with van der Waals surface area (Å²) in [4.78, 5) is 2.60. The molecule has 0 spiro atoms. The van der Waals surface area contributed by atoms with Crippen molar-refractivity contribution in [3.63, 3.8) is 0 Å². The van der Waals surface area contributed by atoms with E-state index in [0.29, 0.717) is 6.04 Å². The number of nitrogens with one attached hydrogen (secondary N) is 1. The molecule has 8 rings (SSSR count). The lowest BCUT2D eigenvalue weighted by atomic mass is 9.81. The largest absolute Gasteiger partial charge is 0.360 e. The van der Waals surface area contributed by atoms with Crippen molar-refractivity contribution in [2.45, 2.75) is 64.1 Å². The van der Waals surface area contributed by atoms with Crippen LogP contribution in [0.15, 0.2) is 108 Å². The van der Waals surface area contributed by atoms with Gasteiger partial charge in [0.05, 0.1) is 17.4 Å². The first kappa shape index (κ1) is 25.4. The van der Waals surface area contributed by atoms with Gasteiger partial charge in [-0.1, -0.05) is 103 Å². The fourth-order valence-electron chi connectivity index (χ4n) is 7.79. The summed E-state index contributed by atoms with van der Waals surface area (Å²) in [6.45, 7) is 2.24. The number of allylic oxidation sites excluding steroid dienone is 9. The van der Waals surface area contributed by atoms with Crippen LogP contribution in [0, 0.1) is 0 Å². The minimum atomic E-state index is 0.184. The van der Waals surface area contributed by atoms with E-state index in [1.807, 2.05) is 0 Å². The van der Waals surface area contributed by atoms with E-state index < -0.39 is 0 Å². The second kappa shape index (κ2) is 10.5. The van der Waals surface area contributed by atoms with Crippen LogP contribution in [-0.4, -0.2) is 12.2 Å². The van der Waals surface area contributed by atoms with Gasteiger partial charge in [-0.25, -0.2) is 0 Å². The fourth-order valence-corrected chi connectivity index (χ4v) is 7.79. The summed E-state index contributed by atoms with van der Waals surface area (Å²) in [6.07, 6.45) is 31.6. The van der Waals surface area contributed by atoms with Crippen LogP contribution >= 0.6 is 0 Å². The topological polar surface area (TPSA) is 15.3 Å². The highest BCUT2D eigenvalue weighted by atomic mass is 15.3. The number of rotatable bonds is 4. The normalized spacial score (nSPS) is 22.6. The Morgan fingerprint density at radius 2 is 1.50 bits per heavy atom. The van der Waals surface area contributed by atoms with Crippen molar-refractivity contribution in [3.05, 3.63) is 130 Å². The summed E-state index contributed by atoms with van der Waals surface area (Å²) < 4.78 is 0. The van der Waals surface area contributed by atoms with Gasteiger partial charge in [0, 0.05) is 0 Å². The van der Waals surface area contributed by atoms with Crippen LogP contribution in [0.1, 0.15) is 63.0 Å². The van der Waals surface area contributed by atoms with Crippen LogP contribution in [0.4, 0.5) is 11.4 Å². The molecule has 1 aliphatic heterocycles. The van der Waals surface area contributed by atoms with E-state index in [9.17, 15) is 0 Å². The lowest BCUT2D eigenvalue weighted by Crippen LogP contribution is -2.44. The van der Waals surface area contributed by atoms with Gasteiger partial charge in [-0.15, -0.1) is 0 Å². The molecule has 2 atom stereocenters. The Bertz CT molecular complexity index is 1910. The van der Waals surface area contributed by atoms with Gasteiger partial charge in [0.15, 0.2) is 0 Å². The molecule has 0 bridgehead atoms. The molecular formula is C40H38N2. The van der Waals surface area contributed by atoms with Gasteiger partial charge >= 0.3 is 0 Å². The van der Waals surface area contributed by atoms with Gasteiger partial charge in [0.2, 0.25) is 0 Å². The number of para-hydroxylation sites is 2. The first-order valence-electron chi connectivity index (χ1n) is 15.8. The summed E-state index contributed by atoms with van der Waals surface area (Å²) in [7, 11) is 0. The zero-order chi connectivity index (χ0) is 28.0. The number of hydrogen-bond acceptors (Lipinski definition) is 2. The number of benzene rings is 3. The molecular weight excluding hydrogens is 508 g/mol. The maximum atomic E-state index is 3.88. The first-order chi connectivity index (χ1) is 20.8. The molecule has 0 radical (unpaired) electrons. The molecule has 5 aliphatic rings. The van der Waals surface area contributed by atoms with Gasteiger partial charge in [0.25, 0.3) is 0 Å². The highest BCUT2D eigenvalue weighted by Crippen LogP contribution is 2.42. The van der Waals surface area contributed by atoms with E-state index in [4.69, 9.17) is 0 Å². The minimum absolute atomic E-state index is 0.184. The highest BCUT2D eigenvalue weighted by molar-refractivity contribution is 6.02. The van der Waals surface area contributed by atoms with E-state index in [1.54, 1.807) is 0 Å². The molecule has 1 N–H and O–H groups in total. The Hall–Kier alpha value is -4.30. The number of nitrogens with zero attached hydrogens (tertiary/aromatic N) is 1. The predicted molar refractivity (Wildman–Crippen MR) is 181 cm³/mol. The van der Waals surface area contributed by atoms with Crippen molar-refractivity contribution in [1.29, 1.82) is 0 Å². The molecule has 0 fully saturated rings. The molecule has 42 heavy (non-hydrogen) atoms. The van der Waals surface area contributed by atoms with Crippen LogP contribution in [-0.2, 0) is 0 Å². The molecule has 3 aromatic carbocycles. The second-order valence-corrected chi connectivity index (χ2v) is 12.3. The molecule has 208 valence electrons. The van der Waals surface area contributed by atoms with Gasteiger partial charge in [-0.2, -0.15) is 0 Å². The van der Waals surface area contributed by atoms with Crippen LogP contribution < -0.4 is 20.7 Å². The molecule has 0 aromatic heterocycles. The second-order valence-electron chi connectivity index (χ2n) is 12.3. The number of fused-ring (bicyclic) bond motifs is 3. The van der Waals surface area contributed by atoms with Gasteiger partial charge in [0.1, 0.15) is 6.17 Å². The molecule has 2 unspecified atom stereocenters. The molecule has 0 saturated carbocycles. The number of anilines is 2. The zero-order valence-corrected chi connectivity index (χ0v) is 24.4. The van der Waals surface area contributed by atoms with Crippen LogP contribution in [0.25, 0.3) is 34.1 Å². The van der Waals surface area contributed by atoms with E-state index in [0.717, 1.165) is 44.9 Å². The predicted octanol–water partition coefficient (Wildman–Crippen LogP) is 8.56. The van der Waals surface area contributed by atoms with Crippen molar-refractivity contribution in [1.82, 2.24) is 0 Å². The molecule has 3 aromatic rings. The Balaban J connectivity index is 1.24. The van der Waals surface area contributed by atoms with Gasteiger partial charge in [-0.3, -0.25) is 0 Å². The molecule has 2 heteroatoms. The van der Waals surface area contributed by atoms with Crippen LogP contribution in [0.3, 0.4) is 0 Å². The summed E-state index contributed by atoms with van der Waals surface area (Å²) in [5.41, 5.74) is 11.3. The smallest absolute Gasteiger partial charge is 0.122 e. The van der Waals surface area contributed by atoms with E-state index in [-0.39, 0.29) is 6.17 Å². The van der Waals surface area contributed by atoms with Crippen molar-refractivity contribution in [2.75, 3.05) is 10.2 Å². The van der Waals surface area contributed by atoms with Gasteiger partial charge < -0.3 is 10.2 Å². The van der Waals surface area contributed by atoms with Crippen molar-refractivity contribution >= 4 is 45.4 Å². The summed E-state index contributed by atoms with van der Waals surface area (Å²) >= 11 is 0. The zero-order valence-electron chi connectivity index (χ0n) is 24.4. The highest BCUT2D eigenvalue weighted by Gasteiger charge is 2.35. The average molecular weight is 547 g/mol. The third-order valence-electron chi connectivity index (χ3n) is 9.68. The number of hydrogen-bond donors (Lipinski definition) is 1. The Morgan fingerprint density at radius 1 is 0.738 bits per heavy atom. The molecule has 2 nitrogen and oxygen atoms in total. The van der Waals surface area contributed by atoms with E-state index >= 15 is 0 Å². The third kappa shape index (κ3) is 4.24. The third-order valence-corrected chi connectivity index (χ3v) is 9.68. The maximum absolute atomic E-state index is 3.88. The molecule has 0 amide bonds. The Kier molecular flexibility index (Phi) is 6.36. The standard InChI is InChI=1S/C40H38N2/c1-27-12-11-13-30(26-27)39-34-18-7-5-16-32(34)38(33-17-6-8-19-35(33)39)28-22-24-29(25-23-28)40-41-36-20-9-10-21-37(36)42(40)31-14-3-2-4-15-31/h2-5,7,9-10,12,14,16-22,24,26,31,40-41H,6,8,11,13,15,23,25H2,1H3. The monoisotopic (exact) mass is 546 g/mol. The summed E-state index contributed by atoms with van der Waals surface area (Å²) in [6, 6.07) is 18.3. The molecule has 0 saturated heterocycles. The fraction of sp³-hybridized carbons (Fsp3) is 0.250. The van der Waals surface area contributed by atoms with Crippen LogP contribution in [0.2, 0.25) is 0 Å². The molecule has 4 aliphatic carbocycles. The minimum Gasteiger partial charge on any atom is -0.360 e. The first-order valence-corrected chi connectivity index (χ1v) is 15.8. The maximum Gasteiger partial charge on any atom is 0.122 e. The van der Waals surface area contributed by atoms with Crippen molar-refractivity contribution in [2.24, 2.45) is 0 Å². The summed E-state index contributed by atoms with van der Waals surface area (Å²) in [5.74, 6) is 0. The average Bonchev–Trinajstić information content (AvgIpc) is 3.44. The lowest BCUT2D eigenvalue weighted by molar-refractivity contribution is 0.640. The molecule has 1 heterocycles. The lowest BCUT2D eigenvalue weighted by Gasteiger charge is -2.36. The van der Waals surface area contributed by atoms with Crippen molar-refractivity contribution < 1.29 is 0 Å².